The van der Waals surface area contributed by atoms with Gasteiger partial charge in [0.2, 0.25) is 5.91 Å². The van der Waals surface area contributed by atoms with E-state index in [9.17, 15) is 9.59 Å². The van der Waals surface area contributed by atoms with E-state index < -0.39 is 0 Å². The Morgan fingerprint density at radius 2 is 1.79 bits per heavy atom. The van der Waals surface area contributed by atoms with Crippen LogP contribution in [0.4, 0.5) is 0 Å². The van der Waals surface area contributed by atoms with Gasteiger partial charge < -0.3 is 19.1 Å². The number of hydrogen-bond donors (Lipinski definition) is 0. The van der Waals surface area contributed by atoms with Crippen molar-refractivity contribution in [3.8, 4) is 0 Å². The summed E-state index contributed by atoms with van der Waals surface area (Å²) in [5.41, 5.74) is 2.75. The monoisotopic (exact) mass is 385 g/mol. The zero-order valence-electron chi connectivity index (χ0n) is 17.4. The van der Waals surface area contributed by atoms with Gasteiger partial charge in [-0.3, -0.25) is 9.59 Å². The third kappa shape index (κ3) is 5.96. The second-order valence-electron chi connectivity index (χ2n) is 7.01. The molecule has 0 unspecified atom stereocenters. The molecule has 0 aliphatic carbocycles. The lowest BCUT2D eigenvalue weighted by molar-refractivity contribution is -0.133. The summed E-state index contributed by atoms with van der Waals surface area (Å²) in [6.07, 6.45) is 2.75. The van der Waals surface area contributed by atoms with Crippen molar-refractivity contribution < 1.29 is 14.3 Å². The van der Waals surface area contributed by atoms with Crippen LogP contribution in [0.3, 0.4) is 0 Å². The summed E-state index contributed by atoms with van der Waals surface area (Å²) in [5, 5.41) is 0. The van der Waals surface area contributed by atoms with Crippen molar-refractivity contribution in [2.24, 2.45) is 7.05 Å². The number of hydrogen-bond acceptors (Lipinski definition) is 3. The van der Waals surface area contributed by atoms with E-state index in [1.807, 2.05) is 68.1 Å². The SMILES string of the molecule is CCCN(CC(=O)N(CCOC)Cc1cccn1C)C(=O)c1ccc(C)cc1. The van der Waals surface area contributed by atoms with E-state index in [2.05, 4.69) is 0 Å². The molecule has 2 rings (SSSR count). The molecule has 6 heteroatoms. The molecule has 2 aromatic rings. The third-order valence-electron chi connectivity index (χ3n) is 4.73. The van der Waals surface area contributed by atoms with Crippen LogP contribution in [0.5, 0.6) is 0 Å². The Bertz CT molecular complexity index is 768. The van der Waals surface area contributed by atoms with Crippen LogP contribution in [0, 0.1) is 6.92 Å². The molecule has 0 radical (unpaired) electrons. The van der Waals surface area contributed by atoms with Gasteiger partial charge in [0.05, 0.1) is 13.2 Å². The van der Waals surface area contributed by atoms with E-state index in [0.29, 0.717) is 31.8 Å². The molecule has 2 amide bonds. The first-order valence-corrected chi connectivity index (χ1v) is 9.69. The predicted octanol–water partition coefficient (Wildman–Crippen LogP) is 2.86. The molecule has 0 N–H and O–H groups in total. The highest BCUT2D eigenvalue weighted by Crippen LogP contribution is 2.10. The predicted molar refractivity (Wildman–Crippen MR) is 110 cm³/mol. The molecule has 0 aliphatic heterocycles. The Hall–Kier alpha value is -2.60. The molecule has 0 fully saturated rings. The molecular weight excluding hydrogens is 354 g/mol. The van der Waals surface area contributed by atoms with E-state index in [-0.39, 0.29) is 18.4 Å². The number of benzene rings is 1. The number of amides is 2. The standard InChI is InChI=1S/C22H31N3O3/c1-5-12-25(22(27)19-10-8-18(2)9-11-19)17-21(26)24(14-15-28-4)16-20-7-6-13-23(20)3/h6-11,13H,5,12,14-17H2,1-4H3. The molecule has 1 aromatic carbocycles. The van der Waals surface area contributed by atoms with Gasteiger partial charge in [-0.2, -0.15) is 0 Å². The number of carbonyl (C=O) groups excluding carboxylic acids is 2. The van der Waals surface area contributed by atoms with E-state index in [0.717, 1.165) is 17.7 Å². The average molecular weight is 386 g/mol. The summed E-state index contributed by atoms with van der Waals surface area (Å²) < 4.78 is 7.17. The molecule has 0 atom stereocenters. The molecule has 0 saturated carbocycles. The van der Waals surface area contributed by atoms with Crippen molar-refractivity contribution in [1.82, 2.24) is 14.4 Å². The first-order chi connectivity index (χ1) is 13.5. The van der Waals surface area contributed by atoms with Gasteiger partial charge in [-0.15, -0.1) is 0 Å². The van der Waals surface area contributed by atoms with Gasteiger partial charge in [0.25, 0.3) is 5.91 Å². The lowest BCUT2D eigenvalue weighted by Gasteiger charge is -2.27. The smallest absolute Gasteiger partial charge is 0.254 e. The minimum absolute atomic E-state index is 0.0642. The molecular formula is C22H31N3O3. The molecule has 0 bridgehead atoms. The van der Waals surface area contributed by atoms with E-state index in [1.165, 1.54) is 0 Å². The van der Waals surface area contributed by atoms with Crippen molar-refractivity contribution >= 4 is 11.8 Å². The van der Waals surface area contributed by atoms with Crippen molar-refractivity contribution in [2.75, 3.05) is 33.4 Å². The Kier molecular flexibility index (Phi) is 8.26. The number of methoxy groups -OCH3 is 1. The second-order valence-corrected chi connectivity index (χ2v) is 7.01. The summed E-state index contributed by atoms with van der Waals surface area (Å²) in [4.78, 5) is 29.3. The van der Waals surface area contributed by atoms with Crippen LogP contribution in [0.2, 0.25) is 0 Å². The maximum absolute atomic E-state index is 13.0. The highest BCUT2D eigenvalue weighted by atomic mass is 16.5. The summed E-state index contributed by atoms with van der Waals surface area (Å²) in [5.74, 6) is -0.187. The molecule has 0 aliphatic rings. The van der Waals surface area contributed by atoms with E-state index in [4.69, 9.17) is 4.74 Å². The van der Waals surface area contributed by atoms with Gasteiger partial charge in [0.1, 0.15) is 6.54 Å². The number of aromatic nitrogens is 1. The second kappa shape index (κ2) is 10.7. The summed E-state index contributed by atoms with van der Waals surface area (Å²) in [6, 6.07) is 11.4. The molecule has 28 heavy (non-hydrogen) atoms. The highest BCUT2D eigenvalue weighted by molar-refractivity contribution is 5.96. The molecule has 1 heterocycles. The van der Waals surface area contributed by atoms with Crippen LogP contribution < -0.4 is 0 Å². The van der Waals surface area contributed by atoms with E-state index in [1.54, 1.807) is 16.9 Å². The number of rotatable bonds is 10. The van der Waals surface area contributed by atoms with Crippen LogP contribution in [0.1, 0.15) is 35.0 Å². The highest BCUT2D eigenvalue weighted by Gasteiger charge is 2.22. The van der Waals surface area contributed by atoms with Crippen molar-refractivity contribution in [2.45, 2.75) is 26.8 Å². The summed E-state index contributed by atoms with van der Waals surface area (Å²) in [6.45, 7) is 6.03. The van der Waals surface area contributed by atoms with Crippen molar-refractivity contribution in [3.05, 3.63) is 59.4 Å². The first kappa shape index (κ1) is 21.7. The maximum Gasteiger partial charge on any atom is 0.254 e. The zero-order valence-corrected chi connectivity index (χ0v) is 17.4. The van der Waals surface area contributed by atoms with Gasteiger partial charge in [-0.05, 0) is 37.6 Å². The lowest BCUT2D eigenvalue weighted by Crippen LogP contribution is -2.44. The van der Waals surface area contributed by atoms with Crippen LogP contribution in [-0.4, -0.2) is 59.5 Å². The lowest BCUT2D eigenvalue weighted by atomic mass is 10.1. The van der Waals surface area contributed by atoms with Gasteiger partial charge in [-0.25, -0.2) is 0 Å². The van der Waals surface area contributed by atoms with E-state index >= 15 is 0 Å². The molecule has 152 valence electrons. The summed E-state index contributed by atoms with van der Waals surface area (Å²) in [7, 11) is 3.58. The Morgan fingerprint density at radius 1 is 1.07 bits per heavy atom. The van der Waals surface area contributed by atoms with Crippen LogP contribution >= 0.6 is 0 Å². The van der Waals surface area contributed by atoms with Gasteiger partial charge in [0, 0.05) is 44.7 Å². The minimum Gasteiger partial charge on any atom is -0.383 e. The van der Waals surface area contributed by atoms with Gasteiger partial charge in [0.15, 0.2) is 0 Å². The number of ether oxygens (including phenoxy) is 1. The number of carbonyl (C=O) groups is 2. The molecule has 0 spiro atoms. The largest absolute Gasteiger partial charge is 0.383 e. The molecule has 0 saturated heterocycles. The molecule has 1 aromatic heterocycles. The van der Waals surface area contributed by atoms with Crippen LogP contribution in [0.25, 0.3) is 0 Å². The van der Waals surface area contributed by atoms with Crippen molar-refractivity contribution in [1.29, 1.82) is 0 Å². The van der Waals surface area contributed by atoms with Gasteiger partial charge >= 0.3 is 0 Å². The Balaban J connectivity index is 2.12. The van der Waals surface area contributed by atoms with Crippen LogP contribution in [-0.2, 0) is 23.1 Å². The topological polar surface area (TPSA) is 54.8 Å². The Labute approximate surface area is 167 Å². The van der Waals surface area contributed by atoms with Crippen LogP contribution in [0.15, 0.2) is 42.6 Å². The zero-order chi connectivity index (χ0) is 20.5. The van der Waals surface area contributed by atoms with Crippen molar-refractivity contribution in [3.63, 3.8) is 0 Å². The minimum atomic E-state index is -0.110. The maximum atomic E-state index is 13.0. The normalized spacial score (nSPS) is 10.7. The fourth-order valence-corrected chi connectivity index (χ4v) is 3.01. The molecule has 6 nitrogen and oxygen atoms in total. The number of aryl methyl sites for hydroxylation is 2. The fourth-order valence-electron chi connectivity index (χ4n) is 3.01. The fraction of sp³-hybridized carbons (Fsp3) is 0.455. The summed E-state index contributed by atoms with van der Waals surface area (Å²) >= 11 is 0. The average Bonchev–Trinajstić information content (AvgIpc) is 3.09. The number of nitrogens with zero attached hydrogens (tertiary/aromatic N) is 3. The quantitative estimate of drug-likeness (QED) is 0.632. The van der Waals surface area contributed by atoms with Gasteiger partial charge in [-0.1, -0.05) is 24.6 Å². The third-order valence-corrected chi connectivity index (χ3v) is 4.73. The first-order valence-electron chi connectivity index (χ1n) is 9.69. The Morgan fingerprint density at radius 3 is 2.36 bits per heavy atom.